The lowest BCUT2D eigenvalue weighted by atomic mass is 9.88. The van der Waals surface area contributed by atoms with Gasteiger partial charge in [0.05, 0.1) is 19.4 Å². The molecule has 25 heavy (non-hydrogen) atoms. The van der Waals surface area contributed by atoms with Gasteiger partial charge in [-0.3, -0.25) is 0 Å². The van der Waals surface area contributed by atoms with E-state index < -0.39 is 0 Å². The zero-order valence-electron chi connectivity index (χ0n) is 14.5. The summed E-state index contributed by atoms with van der Waals surface area (Å²) in [5, 5.41) is 16.8. The maximum absolute atomic E-state index is 10.3. The van der Waals surface area contributed by atoms with Gasteiger partial charge in [0.2, 0.25) is 0 Å². The molecule has 0 aliphatic heterocycles. The lowest BCUT2D eigenvalue weighted by Crippen LogP contribution is -2.36. The molecular formula is C19H26IN3O2. The first-order valence-corrected chi connectivity index (χ1v) is 8.65. The fourth-order valence-corrected chi connectivity index (χ4v) is 3.15. The van der Waals surface area contributed by atoms with Crippen molar-refractivity contribution in [3.05, 3.63) is 53.0 Å². The summed E-state index contributed by atoms with van der Waals surface area (Å²) in [5.41, 5.74) is 3.60. The van der Waals surface area contributed by atoms with Crippen LogP contribution in [0.15, 0.2) is 39.9 Å². The summed E-state index contributed by atoms with van der Waals surface area (Å²) in [6.07, 6.45) is 6.21. The highest BCUT2D eigenvalue weighted by Gasteiger charge is 2.16. The maximum atomic E-state index is 10.3. The number of hydrogen-bond donors (Lipinski definition) is 3. The number of nitrogens with one attached hydrogen (secondary N) is 2. The van der Waals surface area contributed by atoms with Crippen LogP contribution < -0.4 is 10.6 Å². The van der Waals surface area contributed by atoms with E-state index in [0.717, 1.165) is 36.7 Å². The zero-order chi connectivity index (χ0) is 16.8. The number of nitrogens with zero attached hydrogens (tertiary/aromatic N) is 1. The van der Waals surface area contributed by atoms with E-state index in [1.165, 1.54) is 24.0 Å². The van der Waals surface area contributed by atoms with Gasteiger partial charge in [0.1, 0.15) is 11.5 Å². The molecule has 0 saturated carbocycles. The Hall–Kier alpha value is -1.70. The van der Waals surface area contributed by atoms with Crippen molar-refractivity contribution >= 4 is 29.9 Å². The van der Waals surface area contributed by atoms with Crippen LogP contribution in [0.1, 0.15) is 42.2 Å². The zero-order valence-corrected chi connectivity index (χ0v) is 16.9. The minimum atomic E-state index is 0. The van der Waals surface area contributed by atoms with Crippen molar-refractivity contribution in [1.29, 1.82) is 0 Å². The van der Waals surface area contributed by atoms with Crippen molar-refractivity contribution in [3.63, 3.8) is 0 Å². The predicted octanol–water partition coefficient (Wildman–Crippen LogP) is 3.74. The molecule has 1 aliphatic rings. The minimum absolute atomic E-state index is 0. The second-order valence-corrected chi connectivity index (χ2v) is 6.04. The van der Waals surface area contributed by atoms with Gasteiger partial charge in [-0.05, 0) is 61.9 Å². The standard InChI is InChI=1S/C19H25N3O2.HI/c1-2-20-19(21-12-15-7-5-11-24-15)22-13-17-16-8-4-3-6-14(16)9-10-18(17)23;/h5,7,9-11,23H,2-4,6,8,12-13H2,1H3,(H2,20,21,22);1H. The molecule has 0 bridgehead atoms. The number of hydrogen-bond acceptors (Lipinski definition) is 3. The van der Waals surface area contributed by atoms with Gasteiger partial charge in [-0.15, -0.1) is 24.0 Å². The maximum Gasteiger partial charge on any atom is 0.191 e. The van der Waals surface area contributed by atoms with Crippen LogP contribution in [-0.4, -0.2) is 17.6 Å². The van der Waals surface area contributed by atoms with Crippen molar-refractivity contribution < 1.29 is 9.52 Å². The molecule has 0 amide bonds. The lowest BCUT2D eigenvalue weighted by molar-refractivity contribution is 0.465. The first kappa shape index (κ1) is 19.6. The summed E-state index contributed by atoms with van der Waals surface area (Å²) < 4.78 is 5.33. The lowest BCUT2D eigenvalue weighted by Gasteiger charge is -2.20. The fourth-order valence-electron chi connectivity index (χ4n) is 3.15. The van der Waals surface area contributed by atoms with E-state index in [1.54, 1.807) is 12.3 Å². The Morgan fingerprint density at radius 2 is 2.04 bits per heavy atom. The average Bonchev–Trinajstić information content (AvgIpc) is 3.12. The summed E-state index contributed by atoms with van der Waals surface area (Å²) in [5.74, 6) is 1.93. The summed E-state index contributed by atoms with van der Waals surface area (Å²) >= 11 is 0. The second-order valence-electron chi connectivity index (χ2n) is 6.04. The third-order valence-electron chi connectivity index (χ3n) is 4.38. The molecule has 6 heteroatoms. The predicted molar refractivity (Wildman–Crippen MR) is 111 cm³/mol. The Morgan fingerprint density at radius 3 is 2.80 bits per heavy atom. The number of rotatable bonds is 5. The molecular weight excluding hydrogens is 429 g/mol. The number of guanidine groups is 1. The first-order chi connectivity index (χ1) is 11.8. The first-order valence-electron chi connectivity index (χ1n) is 8.65. The molecule has 5 nitrogen and oxygen atoms in total. The Labute approximate surface area is 165 Å². The molecule has 3 N–H and O–H groups in total. The number of phenolic OH excluding ortho intramolecular Hbond substituents is 1. The quantitative estimate of drug-likeness (QED) is 0.365. The summed E-state index contributed by atoms with van der Waals surface area (Å²) in [6, 6.07) is 7.65. The number of furan rings is 1. The number of benzene rings is 1. The van der Waals surface area contributed by atoms with E-state index in [2.05, 4.69) is 21.7 Å². The minimum Gasteiger partial charge on any atom is -0.508 e. The molecule has 0 fully saturated rings. The second kappa shape index (κ2) is 9.70. The Balaban J connectivity index is 0.00000225. The molecule has 1 heterocycles. The van der Waals surface area contributed by atoms with Crippen molar-refractivity contribution in [3.8, 4) is 5.75 Å². The van der Waals surface area contributed by atoms with E-state index in [1.807, 2.05) is 19.1 Å². The molecule has 0 radical (unpaired) electrons. The Kier molecular flexibility index (Phi) is 7.61. The summed E-state index contributed by atoms with van der Waals surface area (Å²) in [7, 11) is 0. The molecule has 1 aliphatic carbocycles. The van der Waals surface area contributed by atoms with Gasteiger partial charge in [-0.1, -0.05) is 6.07 Å². The van der Waals surface area contributed by atoms with Gasteiger partial charge in [0.15, 0.2) is 5.96 Å². The SMILES string of the molecule is CCNC(=NCc1c(O)ccc2c1CCCC2)NCc1ccco1.I. The molecule has 0 unspecified atom stereocenters. The number of phenols is 1. The van der Waals surface area contributed by atoms with E-state index in [-0.39, 0.29) is 24.0 Å². The summed E-state index contributed by atoms with van der Waals surface area (Å²) in [4.78, 5) is 4.64. The van der Waals surface area contributed by atoms with Gasteiger partial charge in [0, 0.05) is 12.1 Å². The van der Waals surface area contributed by atoms with Crippen molar-refractivity contribution in [1.82, 2.24) is 10.6 Å². The number of aliphatic imine (C=N–C) groups is 1. The van der Waals surface area contributed by atoms with Gasteiger partial charge < -0.3 is 20.2 Å². The Bertz CT molecular complexity index is 699. The highest BCUT2D eigenvalue weighted by atomic mass is 127. The van der Waals surface area contributed by atoms with Gasteiger partial charge in [-0.25, -0.2) is 4.99 Å². The molecule has 1 aromatic heterocycles. The normalized spacial score (nSPS) is 13.7. The Morgan fingerprint density at radius 1 is 1.20 bits per heavy atom. The number of aryl methyl sites for hydroxylation is 1. The van der Waals surface area contributed by atoms with Crippen molar-refractivity contribution in [2.24, 2.45) is 4.99 Å². The van der Waals surface area contributed by atoms with Crippen LogP contribution in [0, 0.1) is 0 Å². The fraction of sp³-hybridized carbons (Fsp3) is 0.421. The van der Waals surface area contributed by atoms with Crippen molar-refractivity contribution in [2.45, 2.75) is 45.7 Å². The van der Waals surface area contributed by atoms with E-state index >= 15 is 0 Å². The molecule has 0 spiro atoms. The van der Waals surface area contributed by atoms with E-state index in [0.29, 0.717) is 18.8 Å². The topological polar surface area (TPSA) is 69.8 Å². The van der Waals surface area contributed by atoms with Crippen LogP contribution in [0.2, 0.25) is 0 Å². The molecule has 136 valence electrons. The third kappa shape index (κ3) is 5.14. The van der Waals surface area contributed by atoms with Crippen LogP contribution in [-0.2, 0) is 25.9 Å². The smallest absolute Gasteiger partial charge is 0.191 e. The van der Waals surface area contributed by atoms with Gasteiger partial charge >= 0.3 is 0 Å². The number of halogens is 1. The largest absolute Gasteiger partial charge is 0.508 e. The van der Waals surface area contributed by atoms with Gasteiger partial charge in [0.25, 0.3) is 0 Å². The van der Waals surface area contributed by atoms with E-state index in [9.17, 15) is 5.11 Å². The van der Waals surface area contributed by atoms with Crippen LogP contribution >= 0.6 is 24.0 Å². The van der Waals surface area contributed by atoms with Crippen LogP contribution in [0.25, 0.3) is 0 Å². The van der Waals surface area contributed by atoms with Gasteiger partial charge in [-0.2, -0.15) is 0 Å². The number of fused-ring (bicyclic) bond motifs is 1. The highest BCUT2D eigenvalue weighted by molar-refractivity contribution is 14.0. The monoisotopic (exact) mass is 455 g/mol. The van der Waals surface area contributed by atoms with Crippen molar-refractivity contribution in [2.75, 3.05) is 6.54 Å². The third-order valence-corrected chi connectivity index (χ3v) is 4.38. The molecule has 3 rings (SSSR count). The summed E-state index contributed by atoms with van der Waals surface area (Å²) in [6.45, 7) is 3.87. The van der Waals surface area contributed by atoms with Crippen LogP contribution in [0.3, 0.4) is 0 Å². The highest BCUT2D eigenvalue weighted by Crippen LogP contribution is 2.30. The number of aromatic hydroxyl groups is 1. The van der Waals surface area contributed by atoms with Crippen LogP contribution in [0.4, 0.5) is 0 Å². The average molecular weight is 455 g/mol. The van der Waals surface area contributed by atoms with E-state index in [4.69, 9.17) is 4.42 Å². The molecule has 1 aromatic carbocycles. The molecule has 0 atom stereocenters. The molecule has 0 saturated heterocycles. The molecule has 2 aromatic rings. The van der Waals surface area contributed by atoms with Crippen LogP contribution in [0.5, 0.6) is 5.75 Å².